The number of nitrogens with zero attached hydrogens (tertiary/aromatic N) is 1. The van der Waals surface area contributed by atoms with Crippen molar-refractivity contribution in [3.63, 3.8) is 0 Å². The van der Waals surface area contributed by atoms with Gasteiger partial charge in [-0.2, -0.15) is 0 Å². The zero-order valence-corrected chi connectivity index (χ0v) is 17.5. The monoisotopic (exact) mass is 423 g/mol. The summed E-state index contributed by atoms with van der Waals surface area (Å²) in [5.41, 5.74) is 2.52. The number of amides is 1. The van der Waals surface area contributed by atoms with Crippen molar-refractivity contribution in [2.75, 3.05) is 18.2 Å². The van der Waals surface area contributed by atoms with E-state index in [4.69, 9.17) is 9.15 Å². The third kappa shape index (κ3) is 4.04. The average Bonchev–Trinajstić information content (AvgIpc) is 3.11. The van der Waals surface area contributed by atoms with Crippen molar-refractivity contribution < 1.29 is 13.9 Å². The normalized spacial score (nSPS) is 11.1. The number of aromatic nitrogens is 2. The second kappa shape index (κ2) is 8.62. The van der Waals surface area contributed by atoms with Gasteiger partial charge in [0.05, 0.1) is 23.9 Å². The van der Waals surface area contributed by atoms with Crippen LogP contribution in [0.1, 0.15) is 19.0 Å². The molecule has 0 aliphatic rings. The number of thioether (sulfide) groups is 1. The van der Waals surface area contributed by atoms with Crippen molar-refractivity contribution in [1.82, 2.24) is 9.97 Å². The molecule has 0 atom stereocenters. The average molecular weight is 423 g/mol. The first-order valence-electron chi connectivity index (χ1n) is 9.60. The Morgan fingerprint density at radius 1 is 1.23 bits per heavy atom. The van der Waals surface area contributed by atoms with Crippen LogP contribution in [-0.2, 0) is 11.2 Å². The zero-order valence-electron chi connectivity index (χ0n) is 16.7. The number of fused-ring (bicyclic) bond motifs is 3. The highest BCUT2D eigenvalue weighted by Crippen LogP contribution is 2.40. The van der Waals surface area contributed by atoms with Gasteiger partial charge < -0.3 is 19.5 Å². The summed E-state index contributed by atoms with van der Waals surface area (Å²) in [6.07, 6.45) is 1.62. The van der Waals surface area contributed by atoms with Crippen LogP contribution >= 0.6 is 11.8 Å². The number of aromatic amines is 1. The smallest absolute Gasteiger partial charge is 0.251 e. The second-order valence-corrected chi connectivity index (χ2v) is 7.71. The van der Waals surface area contributed by atoms with Crippen molar-refractivity contribution in [2.24, 2.45) is 0 Å². The summed E-state index contributed by atoms with van der Waals surface area (Å²) in [7, 11) is 1.56. The summed E-state index contributed by atoms with van der Waals surface area (Å²) in [5, 5.41) is 5.06. The van der Waals surface area contributed by atoms with Crippen LogP contribution < -0.4 is 15.6 Å². The number of rotatable bonds is 7. The highest BCUT2D eigenvalue weighted by Gasteiger charge is 2.17. The molecule has 0 radical (unpaired) electrons. The molecule has 0 aliphatic carbocycles. The lowest BCUT2D eigenvalue weighted by atomic mass is 10.1. The van der Waals surface area contributed by atoms with Crippen LogP contribution in [0.25, 0.3) is 21.9 Å². The van der Waals surface area contributed by atoms with Crippen LogP contribution in [0.5, 0.6) is 5.75 Å². The topological polar surface area (TPSA) is 97.2 Å². The van der Waals surface area contributed by atoms with E-state index in [0.717, 1.165) is 34.9 Å². The standard InChI is InChI=1S/C22H21N3O4S/c1-3-6-13-11-18(26)25-22(23-13)30-12-19(27)24-15-9-10-17-20(21(15)28-2)14-7-4-5-8-16(14)29-17/h4-5,7-11H,3,6,12H2,1-2H3,(H,24,27)(H,23,25,26). The molecule has 2 heterocycles. The molecule has 154 valence electrons. The Morgan fingerprint density at radius 3 is 2.87 bits per heavy atom. The van der Waals surface area contributed by atoms with Gasteiger partial charge in [-0.1, -0.05) is 43.3 Å². The Hall–Kier alpha value is -3.26. The van der Waals surface area contributed by atoms with E-state index in [1.807, 2.05) is 37.3 Å². The highest BCUT2D eigenvalue weighted by atomic mass is 32.2. The molecule has 30 heavy (non-hydrogen) atoms. The van der Waals surface area contributed by atoms with Gasteiger partial charge in [-0.15, -0.1) is 0 Å². The van der Waals surface area contributed by atoms with Gasteiger partial charge in [0, 0.05) is 17.1 Å². The molecule has 2 N–H and O–H groups in total. The predicted octanol–water partition coefficient (Wildman–Crippen LogP) is 4.36. The number of anilines is 1. The number of furan rings is 1. The van der Waals surface area contributed by atoms with Gasteiger partial charge >= 0.3 is 0 Å². The molecule has 2 aromatic carbocycles. The Balaban J connectivity index is 1.55. The van der Waals surface area contributed by atoms with Gasteiger partial charge in [0.25, 0.3) is 5.56 Å². The van der Waals surface area contributed by atoms with Crippen LogP contribution in [0.4, 0.5) is 5.69 Å². The molecule has 8 heteroatoms. The minimum Gasteiger partial charge on any atom is -0.494 e. The minimum absolute atomic E-state index is 0.103. The minimum atomic E-state index is -0.228. The molecule has 0 unspecified atom stereocenters. The van der Waals surface area contributed by atoms with E-state index >= 15 is 0 Å². The lowest BCUT2D eigenvalue weighted by molar-refractivity contribution is -0.113. The van der Waals surface area contributed by atoms with E-state index in [0.29, 0.717) is 22.2 Å². The number of carbonyl (C=O) groups is 1. The Kier molecular flexibility index (Phi) is 5.76. The maximum Gasteiger partial charge on any atom is 0.251 e. The lowest BCUT2D eigenvalue weighted by Crippen LogP contribution is -2.16. The number of para-hydroxylation sites is 1. The molecule has 0 spiro atoms. The quantitative estimate of drug-likeness (QED) is 0.339. The van der Waals surface area contributed by atoms with E-state index in [-0.39, 0.29) is 17.2 Å². The number of benzene rings is 2. The fourth-order valence-electron chi connectivity index (χ4n) is 3.35. The van der Waals surface area contributed by atoms with Gasteiger partial charge in [-0.3, -0.25) is 9.59 Å². The van der Waals surface area contributed by atoms with E-state index < -0.39 is 0 Å². The molecule has 7 nitrogen and oxygen atoms in total. The number of hydrogen-bond acceptors (Lipinski definition) is 6. The highest BCUT2D eigenvalue weighted by molar-refractivity contribution is 7.99. The number of carbonyl (C=O) groups excluding carboxylic acids is 1. The van der Waals surface area contributed by atoms with Gasteiger partial charge in [-0.05, 0) is 24.6 Å². The SMILES string of the molecule is CCCc1cc(=O)[nH]c(SCC(=O)Nc2ccc3oc4ccccc4c3c2OC)n1. The van der Waals surface area contributed by atoms with Crippen LogP contribution in [0.2, 0.25) is 0 Å². The first-order chi connectivity index (χ1) is 14.6. The third-order valence-corrected chi connectivity index (χ3v) is 5.47. The summed E-state index contributed by atoms with van der Waals surface area (Å²) >= 11 is 1.19. The van der Waals surface area contributed by atoms with E-state index in [9.17, 15) is 9.59 Å². The van der Waals surface area contributed by atoms with Gasteiger partial charge in [0.15, 0.2) is 10.9 Å². The summed E-state index contributed by atoms with van der Waals surface area (Å²) in [4.78, 5) is 31.4. The molecule has 1 amide bonds. The van der Waals surface area contributed by atoms with Gasteiger partial charge in [0.2, 0.25) is 5.91 Å². The second-order valence-electron chi connectivity index (χ2n) is 6.75. The fourth-order valence-corrected chi connectivity index (χ4v) is 4.05. The van der Waals surface area contributed by atoms with Crippen LogP contribution in [0.3, 0.4) is 0 Å². The van der Waals surface area contributed by atoms with Crippen molar-refractivity contribution in [1.29, 1.82) is 0 Å². The van der Waals surface area contributed by atoms with Gasteiger partial charge in [-0.25, -0.2) is 4.98 Å². The maximum atomic E-state index is 12.6. The molecule has 0 saturated carbocycles. The van der Waals surface area contributed by atoms with E-state index in [1.165, 1.54) is 17.8 Å². The summed E-state index contributed by atoms with van der Waals surface area (Å²) in [5.74, 6) is 0.424. The maximum absolute atomic E-state index is 12.6. The van der Waals surface area contributed by atoms with Crippen molar-refractivity contribution in [2.45, 2.75) is 24.9 Å². The Morgan fingerprint density at radius 2 is 2.07 bits per heavy atom. The number of methoxy groups -OCH3 is 1. The first kappa shape index (κ1) is 20.0. The first-order valence-corrected chi connectivity index (χ1v) is 10.6. The molecule has 0 fully saturated rings. The molecule has 4 aromatic rings. The third-order valence-electron chi connectivity index (χ3n) is 4.59. The summed E-state index contributed by atoms with van der Waals surface area (Å²) in [6.45, 7) is 2.02. The van der Waals surface area contributed by atoms with Crippen LogP contribution in [0.15, 0.2) is 56.8 Å². The Bertz CT molecular complexity index is 1280. The molecule has 0 bridgehead atoms. The number of H-pyrrole nitrogens is 1. The summed E-state index contributed by atoms with van der Waals surface area (Å²) in [6, 6.07) is 12.7. The van der Waals surface area contributed by atoms with E-state index in [1.54, 1.807) is 13.2 Å². The number of ether oxygens (including phenoxy) is 1. The van der Waals surface area contributed by atoms with Crippen LogP contribution in [0, 0.1) is 0 Å². The largest absolute Gasteiger partial charge is 0.494 e. The van der Waals surface area contributed by atoms with Crippen molar-refractivity contribution in [3.05, 3.63) is 58.5 Å². The molecule has 4 rings (SSSR count). The molecular formula is C22H21N3O4S. The van der Waals surface area contributed by atoms with E-state index in [2.05, 4.69) is 15.3 Å². The summed E-state index contributed by atoms with van der Waals surface area (Å²) < 4.78 is 11.5. The van der Waals surface area contributed by atoms with Crippen molar-refractivity contribution >= 4 is 45.3 Å². The molecule has 2 aromatic heterocycles. The molecular weight excluding hydrogens is 402 g/mol. The molecule has 0 saturated heterocycles. The zero-order chi connectivity index (χ0) is 21.1. The van der Waals surface area contributed by atoms with Crippen molar-refractivity contribution in [3.8, 4) is 5.75 Å². The number of nitrogens with one attached hydrogen (secondary N) is 2. The number of hydrogen-bond donors (Lipinski definition) is 2. The van der Waals surface area contributed by atoms with Gasteiger partial charge in [0.1, 0.15) is 11.2 Å². The lowest BCUT2D eigenvalue weighted by Gasteiger charge is -2.11. The van der Waals surface area contributed by atoms with Crippen LogP contribution in [-0.4, -0.2) is 28.7 Å². The molecule has 0 aliphatic heterocycles. The Labute approximate surface area is 176 Å². The number of aryl methyl sites for hydroxylation is 1. The predicted molar refractivity (Wildman–Crippen MR) is 118 cm³/mol. The fraction of sp³-hybridized carbons (Fsp3) is 0.227.